The molecule has 0 aliphatic carbocycles. The summed E-state index contributed by atoms with van der Waals surface area (Å²) in [7, 11) is -3.18. The number of aromatic carboxylic acids is 1. The van der Waals surface area contributed by atoms with Crippen molar-refractivity contribution in [2.45, 2.75) is 32.7 Å². The normalized spacial score (nSPS) is 20.6. The summed E-state index contributed by atoms with van der Waals surface area (Å²) in [5.41, 5.74) is 0.562. The molecule has 1 aromatic heterocycles. The highest BCUT2D eigenvalue weighted by Gasteiger charge is 2.27. The molecule has 0 saturated carbocycles. The molecular formula is C12H20N4O4S. The number of aromatic nitrogens is 3. The minimum atomic E-state index is -3.18. The van der Waals surface area contributed by atoms with Crippen LogP contribution in [0, 0.1) is 5.92 Å². The summed E-state index contributed by atoms with van der Waals surface area (Å²) >= 11 is 0. The summed E-state index contributed by atoms with van der Waals surface area (Å²) < 4.78 is 26.3. The van der Waals surface area contributed by atoms with Crippen LogP contribution in [-0.2, 0) is 23.0 Å². The van der Waals surface area contributed by atoms with Gasteiger partial charge >= 0.3 is 5.97 Å². The lowest BCUT2D eigenvalue weighted by Gasteiger charge is -2.30. The second kappa shape index (κ2) is 6.10. The lowest BCUT2D eigenvalue weighted by molar-refractivity contribution is 0.0689. The zero-order valence-electron chi connectivity index (χ0n) is 12.2. The highest BCUT2D eigenvalue weighted by atomic mass is 32.2. The second-order valence-electron chi connectivity index (χ2n) is 5.35. The lowest BCUT2D eigenvalue weighted by atomic mass is 9.99. The number of hydrogen-bond donors (Lipinski definition) is 1. The molecular weight excluding hydrogens is 296 g/mol. The lowest BCUT2D eigenvalue weighted by Crippen LogP contribution is -2.40. The Hall–Kier alpha value is -1.48. The highest BCUT2D eigenvalue weighted by molar-refractivity contribution is 7.88. The molecule has 9 heteroatoms. The maximum absolute atomic E-state index is 11.6. The molecule has 1 N–H and O–H groups in total. The van der Waals surface area contributed by atoms with Crippen LogP contribution in [0.1, 0.15) is 35.9 Å². The van der Waals surface area contributed by atoms with Crippen LogP contribution in [0.5, 0.6) is 0 Å². The molecule has 1 aliphatic heterocycles. The van der Waals surface area contributed by atoms with Crippen molar-refractivity contribution >= 4 is 16.0 Å². The molecule has 1 aromatic rings. The van der Waals surface area contributed by atoms with Crippen molar-refractivity contribution in [2.24, 2.45) is 5.92 Å². The van der Waals surface area contributed by atoms with Gasteiger partial charge in [-0.05, 0) is 25.2 Å². The standard InChI is InChI=1S/C12H20N4O4S/c1-3-10-11(12(17)18)13-14-16(10)8-9-5-4-6-15(7-9)21(2,19)20/h9H,3-8H2,1-2H3,(H,17,18). The number of piperidine rings is 1. The molecule has 2 heterocycles. The quantitative estimate of drug-likeness (QED) is 0.832. The van der Waals surface area contributed by atoms with Gasteiger partial charge in [0.15, 0.2) is 5.69 Å². The molecule has 1 saturated heterocycles. The van der Waals surface area contributed by atoms with Crippen molar-refractivity contribution in [2.75, 3.05) is 19.3 Å². The summed E-state index contributed by atoms with van der Waals surface area (Å²) in [6.45, 7) is 3.35. The monoisotopic (exact) mass is 316 g/mol. The minimum absolute atomic E-state index is 0.0201. The molecule has 0 amide bonds. The van der Waals surface area contributed by atoms with Crippen molar-refractivity contribution in [3.8, 4) is 0 Å². The third-order valence-corrected chi connectivity index (χ3v) is 5.03. The molecule has 21 heavy (non-hydrogen) atoms. The molecule has 0 radical (unpaired) electrons. The molecule has 1 atom stereocenters. The molecule has 8 nitrogen and oxygen atoms in total. The van der Waals surface area contributed by atoms with E-state index in [0.717, 1.165) is 12.8 Å². The van der Waals surface area contributed by atoms with Crippen molar-refractivity contribution in [1.29, 1.82) is 0 Å². The van der Waals surface area contributed by atoms with E-state index in [0.29, 0.717) is 31.7 Å². The van der Waals surface area contributed by atoms with Crippen LogP contribution >= 0.6 is 0 Å². The van der Waals surface area contributed by atoms with Crippen LogP contribution < -0.4 is 0 Å². The maximum atomic E-state index is 11.6. The molecule has 0 spiro atoms. The van der Waals surface area contributed by atoms with E-state index in [-0.39, 0.29) is 11.6 Å². The number of sulfonamides is 1. The van der Waals surface area contributed by atoms with E-state index in [1.54, 1.807) is 4.68 Å². The average molecular weight is 316 g/mol. The topological polar surface area (TPSA) is 105 Å². The van der Waals surface area contributed by atoms with Crippen molar-refractivity contribution in [3.05, 3.63) is 11.4 Å². The van der Waals surface area contributed by atoms with Gasteiger partial charge in [-0.25, -0.2) is 22.2 Å². The Balaban J connectivity index is 2.13. The van der Waals surface area contributed by atoms with Gasteiger partial charge in [-0.15, -0.1) is 5.10 Å². The molecule has 1 aliphatic rings. The Morgan fingerprint density at radius 1 is 1.48 bits per heavy atom. The molecule has 1 unspecified atom stereocenters. The Kier molecular flexibility index (Phi) is 4.62. The first-order chi connectivity index (χ1) is 9.82. The number of carboxylic acids is 1. The number of carbonyl (C=O) groups is 1. The molecule has 0 bridgehead atoms. The van der Waals surface area contributed by atoms with Gasteiger partial charge in [0.25, 0.3) is 0 Å². The van der Waals surface area contributed by atoms with Gasteiger partial charge in [-0.3, -0.25) is 0 Å². The summed E-state index contributed by atoms with van der Waals surface area (Å²) in [6.07, 6.45) is 3.44. The zero-order chi connectivity index (χ0) is 15.6. The fraction of sp³-hybridized carbons (Fsp3) is 0.750. The van der Waals surface area contributed by atoms with Gasteiger partial charge in [0.2, 0.25) is 10.0 Å². The Morgan fingerprint density at radius 3 is 2.76 bits per heavy atom. The predicted molar refractivity (Wildman–Crippen MR) is 75.5 cm³/mol. The van der Waals surface area contributed by atoms with Crippen LogP contribution in [-0.4, -0.2) is 58.1 Å². The largest absolute Gasteiger partial charge is 0.476 e. The first-order valence-corrected chi connectivity index (χ1v) is 8.78. The fourth-order valence-electron chi connectivity index (χ4n) is 2.72. The Labute approximate surface area is 123 Å². The number of nitrogens with zero attached hydrogens (tertiary/aromatic N) is 4. The summed E-state index contributed by atoms with van der Waals surface area (Å²) in [4.78, 5) is 11.1. The predicted octanol–water partition coefficient (Wildman–Crippen LogP) is 0.210. The molecule has 118 valence electrons. The number of hydrogen-bond acceptors (Lipinski definition) is 5. The summed E-state index contributed by atoms with van der Waals surface area (Å²) in [6, 6.07) is 0. The van der Waals surface area contributed by atoms with Crippen molar-refractivity contribution in [1.82, 2.24) is 19.3 Å². The molecule has 0 aromatic carbocycles. The number of carboxylic acid groups (broad SMARTS) is 1. The van der Waals surface area contributed by atoms with Gasteiger partial charge in [-0.1, -0.05) is 12.1 Å². The Morgan fingerprint density at radius 2 is 2.19 bits per heavy atom. The third-order valence-electron chi connectivity index (χ3n) is 3.76. The van der Waals surface area contributed by atoms with Crippen LogP contribution in [0.15, 0.2) is 0 Å². The minimum Gasteiger partial charge on any atom is -0.476 e. The molecule has 1 fully saturated rings. The van der Waals surface area contributed by atoms with E-state index in [4.69, 9.17) is 5.11 Å². The van der Waals surface area contributed by atoms with E-state index in [2.05, 4.69) is 10.3 Å². The summed E-state index contributed by atoms with van der Waals surface area (Å²) in [5.74, 6) is -0.957. The van der Waals surface area contributed by atoms with E-state index in [9.17, 15) is 13.2 Å². The summed E-state index contributed by atoms with van der Waals surface area (Å²) in [5, 5.41) is 16.7. The van der Waals surface area contributed by atoms with E-state index in [1.165, 1.54) is 10.6 Å². The average Bonchev–Trinajstić information content (AvgIpc) is 2.81. The van der Waals surface area contributed by atoms with Crippen LogP contribution in [0.2, 0.25) is 0 Å². The van der Waals surface area contributed by atoms with Gasteiger partial charge in [0, 0.05) is 19.6 Å². The van der Waals surface area contributed by atoms with Crippen LogP contribution in [0.25, 0.3) is 0 Å². The van der Waals surface area contributed by atoms with Gasteiger partial charge in [0.1, 0.15) is 0 Å². The first kappa shape index (κ1) is 15.9. The van der Waals surface area contributed by atoms with Crippen molar-refractivity contribution in [3.63, 3.8) is 0 Å². The first-order valence-electron chi connectivity index (χ1n) is 6.93. The van der Waals surface area contributed by atoms with Gasteiger partial charge in [-0.2, -0.15) is 0 Å². The van der Waals surface area contributed by atoms with Gasteiger partial charge in [0.05, 0.1) is 11.9 Å². The van der Waals surface area contributed by atoms with E-state index in [1.807, 2.05) is 6.92 Å². The maximum Gasteiger partial charge on any atom is 0.358 e. The number of rotatable bonds is 5. The van der Waals surface area contributed by atoms with E-state index < -0.39 is 16.0 Å². The van der Waals surface area contributed by atoms with Crippen LogP contribution in [0.3, 0.4) is 0 Å². The second-order valence-corrected chi connectivity index (χ2v) is 7.34. The smallest absolute Gasteiger partial charge is 0.358 e. The van der Waals surface area contributed by atoms with Gasteiger partial charge < -0.3 is 5.11 Å². The third kappa shape index (κ3) is 3.59. The highest BCUT2D eigenvalue weighted by Crippen LogP contribution is 2.21. The zero-order valence-corrected chi connectivity index (χ0v) is 13.0. The molecule has 2 rings (SSSR count). The Bertz CT molecular complexity index is 625. The van der Waals surface area contributed by atoms with Crippen LogP contribution in [0.4, 0.5) is 0 Å². The van der Waals surface area contributed by atoms with Crippen molar-refractivity contribution < 1.29 is 18.3 Å². The fourth-order valence-corrected chi connectivity index (χ4v) is 3.66. The SMILES string of the molecule is CCc1c(C(=O)O)nnn1CC1CCCN(S(C)(=O)=O)C1. The van der Waals surface area contributed by atoms with E-state index >= 15 is 0 Å².